The van der Waals surface area contributed by atoms with Crippen molar-refractivity contribution in [3.05, 3.63) is 30.3 Å². The third-order valence-electron chi connectivity index (χ3n) is 1.15. The molecule has 1 rings (SSSR count). The standard InChI is InChI=1S/C8H11N.CH5N3.CH5N.7HI.Pb/c1-2-9-8-6-4-3-5-7-8;2-1(3)4;1-2;;;;;;;;/h3-7,9H,2H2,1H3;(H5,2,3,4);2H2,1H3;7*1H;/p-4. The minimum Gasteiger partial charge on any atom is -1.00 e. The first kappa shape index (κ1) is 63.1. The minimum atomic E-state index is -0.333. The zero-order valence-corrected chi connectivity index (χ0v) is 32.1. The monoisotopic (exact) mass is 1310 g/mol. The number of benzene rings is 1. The zero-order valence-electron chi connectivity index (χ0n) is 12.6. The summed E-state index contributed by atoms with van der Waals surface area (Å²) in [6, 6.07) is 10.2. The van der Waals surface area contributed by atoms with Crippen molar-refractivity contribution in [1.29, 1.82) is 5.41 Å². The van der Waals surface area contributed by atoms with Gasteiger partial charge in [-0.1, -0.05) is 18.2 Å². The van der Waals surface area contributed by atoms with Crippen LogP contribution in [0.4, 0.5) is 5.69 Å². The molecular weight excluding hydrogens is 1290 g/mol. The van der Waals surface area contributed by atoms with E-state index < -0.39 is 0 Å². The van der Waals surface area contributed by atoms with E-state index in [0.29, 0.717) is 0 Å². The molecule has 0 saturated heterocycles. The van der Waals surface area contributed by atoms with E-state index in [0.717, 1.165) is 6.54 Å². The summed E-state index contributed by atoms with van der Waals surface area (Å²) < 4.78 is 0. The molecule has 1 aromatic rings. The molecule has 0 aliphatic rings. The SMILES string of the molecule is CCNc1ccccc1.CN.I.I.I.N=C(N)N.[I-].[I-].[I-].[I-].[Pb]. The van der Waals surface area contributed by atoms with Gasteiger partial charge in [-0.25, -0.2) is 0 Å². The number of guanidine groups is 1. The predicted molar refractivity (Wildman–Crippen MR) is 119 cm³/mol. The molecule has 0 atom stereocenters. The predicted octanol–water partition coefficient (Wildman–Crippen LogP) is -9.98. The van der Waals surface area contributed by atoms with Crippen molar-refractivity contribution in [2.75, 3.05) is 18.9 Å². The van der Waals surface area contributed by atoms with Gasteiger partial charge in [0.15, 0.2) is 5.96 Å². The van der Waals surface area contributed by atoms with E-state index in [9.17, 15) is 0 Å². The van der Waals surface area contributed by atoms with Crippen LogP contribution in [-0.4, -0.2) is 46.9 Å². The molecule has 0 spiro atoms. The Kier molecular flexibility index (Phi) is 154. The maximum absolute atomic E-state index is 6.06. The molecule has 5 nitrogen and oxygen atoms in total. The summed E-state index contributed by atoms with van der Waals surface area (Å²) in [5.74, 6) is -0.333. The Bertz CT molecular complexity index is 257. The van der Waals surface area contributed by atoms with Crippen LogP contribution in [0.5, 0.6) is 0 Å². The van der Waals surface area contributed by atoms with E-state index in [1.54, 1.807) is 0 Å². The van der Waals surface area contributed by atoms with Crippen LogP contribution in [0.15, 0.2) is 30.3 Å². The van der Waals surface area contributed by atoms with Gasteiger partial charge in [-0.05, 0) is 26.1 Å². The quantitative estimate of drug-likeness (QED) is 0.0878. The van der Waals surface area contributed by atoms with Gasteiger partial charge in [0, 0.05) is 39.5 Å². The first-order valence-electron chi connectivity index (χ1n) is 4.63. The van der Waals surface area contributed by atoms with Gasteiger partial charge in [-0.3, -0.25) is 5.41 Å². The van der Waals surface area contributed by atoms with Crippen molar-refractivity contribution < 1.29 is 95.9 Å². The summed E-state index contributed by atoms with van der Waals surface area (Å²) in [7, 11) is 1.50. The third-order valence-corrected chi connectivity index (χ3v) is 1.15. The van der Waals surface area contributed by atoms with E-state index >= 15 is 0 Å². The molecule has 0 bridgehead atoms. The van der Waals surface area contributed by atoms with E-state index in [1.165, 1.54) is 12.7 Å². The largest absolute Gasteiger partial charge is 1.00 e. The van der Waals surface area contributed by atoms with Crippen molar-refractivity contribution in [2.24, 2.45) is 17.2 Å². The van der Waals surface area contributed by atoms with Crippen molar-refractivity contribution in [2.45, 2.75) is 6.92 Å². The van der Waals surface area contributed by atoms with Gasteiger partial charge in [-0.2, -0.15) is 0 Å². The smallest absolute Gasteiger partial charge is 0.183 e. The molecule has 0 amide bonds. The average Bonchev–Trinajstić information content (AvgIpc) is 2.22. The number of halogens is 7. The van der Waals surface area contributed by atoms with E-state index in [4.69, 9.17) is 5.41 Å². The zero-order chi connectivity index (χ0) is 12.1. The summed E-state index contributed by atoms with van der Waals surface area (Å²) in [6.45, 7) is 3.08. The normalized spacial score (nSPS) is 4.83. The number of rotatable bonds is 2. The van der Waals surface area contributed by atoms with Crippen LogP contribution in [0.2, 0.25) is 0 Å². The minimum absolute atomic E-state index is 0. The molecule has 0 heterocycles. The fourth-order valence-electron chi connectivity index (χ4n) is 0.760. The molecule has 8 N–H and O–H groups in total. The Morgan fingerprint density at radius 1 is 0.913 bits per heavy atom. The molecule has 0 fully saturated rings. The second kappa shape index (κ2) is 56.2. The molecular formula is C10H24I7N5Pb-4. The Hall–Kier alpha value is 4.28. The number of hydrogen-bond donors (Lipinski definition) is 5. The number of hydrogen-bond acceptors (Lipinski definition) is 3. The van der Waals surface area contributed by atoms with Crippen LogP contribution < -0.4 is 118 Å². The maximum atomic E-state index is 6.06. The average molecular weight is 1310 g/mol. The molecule has 23 heavy (non-hydrogen) atoms. The second-order valence-electron chi connectivity index (χ2n) is 2.35. The van der Waals surface area contributed by atoms with Gasteiger partial charge < -0.3 is 118 Å². The summed E-state index contributed by atoms with van der Waals surface area (Å²) >= 11 is 0. The Morgan fingerprint density at radius 3 is 1.39 bits per heavy atom. The van der Waals surface area contributed by atoms with Gasteiger partial charge in [0.05, 0.1) is 0 Å². The first-order valence-corrected chi connectivity index (χ1v) is 4.63. The van der Waals surface area contributed by atoms with Crippen LogP contribution in [0.25, 0.3) is 0 Å². The van der Waals surface area contributed by atoms with Gasteiger partial charge in [0.25, 0.3) is 0 Å². The van der Waals surface area contributed by atoms with Crippen LogP contribution in [0.1, 0.15) is 6.92 Å². The molecule has 13 heteroatoms. The van der Waals surface area contributed by atoms with Crippen LogP contribution in [-0.2, 0) is 0 Å². The van der Waals surface area contributed by atoms with Gasteiger partial charge in [-0.15, -0.1) is 71.9 Å². The Labute approximate surface area is 279 Å². The number of nitrogens with one attached hydrogen (secondary N) is 2. The molecule has 0 aliphatic carbocycles. The summed E-state index contributed by atoms with van der Waals surface area (Å²) in [5, 5.41) is 9.26. The van der Waals surface area contributed by atoms with E-state index in [1.807, 2.05) is 18.2 Å². The number of anilines is 1. The second-order valence-corrected chi connectivity index (χ2v) is 2.35. The summed E-state index contributed by atoms with van der Waals surface area (Å²) in [5.41, 5.74) is 14.6. The molecule has 0 aromatic heterocycles. The maximum Gasteiger partial charge on any atom is 0.183 e. The van der Waals surface area contributed by atoms with Crippen molar-refractivity contribution in [1.82, 2.24) is 0 Å². The fourth-order valence-corrected chi connectivity index (χ4v) is 0.760. The molecule has 4 radical (unpaired) electrons. The first-order chi connectivity index (χ1) is 7.16. The molecule has 0 aliphatic heterocycles. The summed E-state index contributed by atoms with van der Waals surface area (Å²) in [6.07, 6.45) is 0. The number of nitrogens with two attached hydrogens (primary N) is 3. The Balaban J connectivity index is -0.0000000138. The molecule has 146 valence electrons. The topological polar surface area (TPSA) is 114 Å². The van der Waals surface area contributed by atoms with Gasteiger partial charge in [0.2, 0.25) is 0 Å². The van der Waals surface area contributed by atoms with Crippen LogP contribution >= 0.6 is 71.9 Å². The van der Waals surface area contributed by atoms with Crippen LogP contribution in [0.3, 0.4) is 0 Å². The fraction of sp³-hybridized carbons (Fsp3) is 0.300. The van der Waals surface area contributed by atoms with E-state index in [2.05, 4.69) is 41.6 Å². The van der Waals surface area contributed by atoms with Gasteiger partial charge in [0.1, 0.15) is 0 Å². The number of para-hydroxylation sites is 1. The van der Waals surface area contributed by atoms with Crippen molar-refractivity contribution in [3.63, 3.8) is 0 Å². The van der Waals surface area contributed by atoms with Crippen molar-refractivity contribution >= 4 is 111 Å². The third kappa shape index (κ3) is 66.4. The van der Waals surface area contributed by atoms with Crippen LogP contribution in [0, 0.1) is 5.41 Å². The van der Waals surface area contributed by atoms with Gasteiger partial charge >= 0.3 is 0 Å². The van der Waals surface area contributed by atoms with Crippen molar-refractivity contribution in [3.8, 4) is 0 Å². The summed E-state index contributed by atoms with van der Waals surface area (Å²) in [4.78, 5) is 0. The molecule has 0 saturated carbocycles. The van der Waals surface area contributed by atoms with E-state index in [-0.39, 0.29) is 201 Å². The Morgan fingerprint density at radius 2 is 1.17 bits per heavy atom. The molecule has 0 unspecified atom stereocenters. The molecule has 1 aromatic carbocycles.